The molecule has 0 radical (unpaired) electrons. The summed E-state index contributed by atoms with van der Waals surface area (Å²) in [4.78, 5) is 2.56. The minimum Gasteiger partial charge on any atom is -0.333 e. The molecular weight excluding hydrogens is 220 g/mol. The Labute approximate surface area is 113 Å². The second-order valence-corrected chi connectivity index (χ2v) is 4.44. The van der Waals surface area contributed by atoms with Crippen molar-refractivity contribution in [3.05, 3.63) is 35.9 Å². The number of rotatable bonds is 2. The zero-order valence-electron chi connectivity index (χ0n) is 12.5. The van der Waals surface area contributed by atoms with Crippen molar-refractivity contribution in [2.75, 3.05) is 20.1 Å². The lowest BCUT2D eigenvalue weighted by atomic mass is 9.99. The molecule has 0 saturated carbocycles. The minimum atomic E-state index is 0.932. The predicted octanol–water partition coefficient (Wildman–Crippen LogP) is 3.52. The van der Waals surface area contributed by atoms with Gasteiger partial charge in [-0.3, -0.25) is 4.90 Å². The van der Waals surface area contributed by atoms with E-state index >= 15 is 0 Å². The van der Waals surface area contributed by atoms with E-state index in [1.807, 2.05) is 13.8 Å². The quantitative estimate of drug-likeness (QED) is 0.870. The zero-order chi connectivity index (χ0) is 13.8. The van der Waals surface area contributed by atoms with Crippen LogP contribution in [0.2, 0.25) is 0 Å². The van der Waals surface area contributed by atoms with Crippen molar-refractivity contribution in [3.8, 4) is 0 Å². The molecule has 0 bridgehead atoms. The van der Waals surface area contributed by atoms with E-state index in [2.05, 4.69) is 47.9 Å². The molecule has 2 heteroatoms. The highest BCUT2D eigenvalue weighted by atomic mass is 15.1. The molecule has 1 aliphatic heterocycles. The SMILES string of the molecule is CC.CC1CCN(Cc2ccccc2)CC1.CN. The number of benzene rings is 1. The number of nitrogens with zero attached hydrogens (tertiary/aromatic N) is 1. The van der Waals surface area contributed by atoms with Crippen LogP contribution in [0.3, 0.4) is 0 Å². The first-order valence-corrected chi connectivity index (χ1v) is 7.18. The van der Waals surface area contributed by atoms with Crippen LogP contribution in [0, 0.1) is 5.92 Å². The molecule has 104 valence electrons. The van der Waals surface area contributed by atoms with E-state index in [1.54, 1.807) is 0 Å². The van der Waals surface area contributed by atoms with Crippen molar-refractivity contribution >= 4 is 0 Å². The van der Waals surface area contributed by atoms with E-state index in [4.69, 9.17) is 0 Å². The van der Waals surface area contributed by atoms with Gasteiger partial charge in [0.1, 0.15) is 0 Å². The molecule has 0 atom stereocenters. The van der Waals surface area contributed by atoms with Gasteiger partial charge in [-0.05, 0) is 44.5 Å². The smallest absolute Gasteiger partial charge is 0.0233 e. The van der Waals surface area contributed by atoms with Crippen molar-refractivity contribution in [2.45, 2.75) is 40.2 Å². The molecule has 1 heterocycles. The molecular formula is C16H30N2. The van der Waals surface area contributed by atoms with Gasteiger partial charge in [-0.15, -0.1) is 0 Å². The molecule has 1 saturated heterocycles. The summed E-state index contributed by atoms with van der Waals surface area (Å²) in [7, 11) is 1.50. The third-order valence-electron chi connectivity index (χ3n) is 3.13. The molecule has 1 aromatic carbocycles. The minimum absolute atomic E-state index is 0.932. The summed E-state index contributed by atoms with van der Waals surface area (Å²) in [5.74, 6) is 0.932. The lowest BCUT2D eigenvalue weighted by molar-refractivity contribution is 0.185. The first-order valence-electron chi connectivity index (χ1n) is 7.18. The first-order chi connectivity index (χ1) is 8.84. The fourth-order valence-electron chi connectivity index (χ4n) is 2.06. The maximum absolute atomic E-state index is 4.50. The molecule has 0 amide bonds. The Bertz CT molecular complexity index is 264. The van der Waals surface area contributed by atoms with Crippen LogP contribution in [0.4, 0.5) is 0 Å². The van der Waals surface area contributed by atoms with Gasteiger partial charge in [0.15, 0.2) is 0 Å². The number of piperidine rings is 1. The summed E-state index contributed by atoms with van der Waals surface area (Å²) < 4.78 is 0. The normalized spacial score (nSPS) is 16.1. The molecule has 0 aliphatic carbocycles. The average molecular weight is 250 g/mol. The van der Waals surface area contributed by atoms with Crippen LogP contribution >= 0.6 is 0 Å². The Balaban J connectivity index is 0.000000659. The van der Waals surface area contributed by atoms with Crippen LogP contribution in [0.1, 0.15) is 39.2 Å². The van der Waals surface area contributed by atoms with Gasteiger partial charge in [0.25, 0.3) is 0 Å². The van der Waals surface area contributed by atoms with Crippen molar-refractivity contribution in [1.29, 1.82) is 0 Å². The van der Waals surface area contributed by atoms with E-state index in [9.17, 15) is 0 Å². The molecule has 0 unspecified atom stereocenters. The summed E-state index contributed by atoms with van der Waals surface area (Å²) >= 11 is 0. The van der Waals surface area contributed by atoms with Crippen LogP contribution < -0.4 is 5.73 Å². The second kappa shape index (κ2) is 11.2. The fraction of sp³-hybridized carbons (Fsp3) is 0.625. The van der Waals surface area contributed by atoms with Crippen LogP contribution in [0.5, 0.6) is 0 Å². The lowest BCUT2D eigenvalue weighted by Crippen LogP contribution is -2.32. The van der Waals surface area contributed by atoms with E-state index < -0.39 is 0 Å². The number of nitrogens with two attached hydrogens (primary N) is 1. The Hall–Kier alpha value is -0.860. The standard InChI is InChI=1S/C13H19N.C2H6.CH5N/c1-12-7-9-14(10-8-12)11-13-5-3-2-4-6-13;2*1-2/h2-6,12H,7-11H2,1H3;1-2H3;2H2,1H3. The Morgan fingerprint density at radius 1 is 1.06 bits per heavy atom. The monoisotopic (exact) mass is 250 g/mol. The van der Waals surface area contributed by atoms with Crippen LogP contribution in [-0.4, -0.2) is 25.0 Å². The average Bonchev–Trinajstić information content (AvgIpc) is 2.47. The summed E-state index contributed by atoms with van der Waals surface area (Å²) in [6, 6.07) is 10.8. The van der Waals surface area contributed by atoms with Gasteiger partial charge in [0.05, 0.1) is 0 Å². The van der Waals surface area contributed by atoms with Crippen molar-refractivity contribution < 1.29 is 0 Å². The van der Waals surface area contributed by atoms with Crippen LogP contribution in [0.15, 0.2) is 30.3 Å². The maximum Gasteiger partial charge on any atom is 0.0233 e. The number of likely N-dealkylation sites (tertiary alicyclic amines) is 1. The van der Waals surface area contributed by atoms with Gasteiger partial charge in [-0.2, -0.15) is 0 Å². The summed E-state index contributed by atoms with van der Waals surface area (Å²) in [6.45, 7) is 10.0. The molecule has 2 nitrogen and oxygen atoms in total. The van der Waals surface area contributed by atoms with Crippen molar-refractivity contribution in [1.82, 2.24) is 4.90 Å². The van der Waals surface area contributed by atoms with Gasteiger partial charge >= 0.3 is 0 Å². The van der Waals surface area contributed by atoms with Crippen LogP contribution in [0.25, 0.3) is 0 Å². The van der Waals surface area contributed by atoms with Crippen LogP contribution in [-0.2, 0) is 6.54 Å². The van der Waals surface area contributed by atoms with E-state index in [0.717, 1.165) is 12.5 Å². The highest BCUT2D eigenvalue weighted by Gasteiger charge is 2.15. The van der Waals surface area contributed by atoms with E-state index in [-0.39, 0.29) is 0 Å². The molecule has 1 aromatic rings. The zero-order valence-corrected chi connectivity index (χ0v) is 12.5. The number of hydrogen-bond acceptors (Lipinski definition) is 2. The third-order valence-corrected chi connectivity index (χ3v) is 3.13. The molecule has 2 N–H and O–H groups in total. The number of hydrogen-bond donors (Lipinski definition) is 1. The summed E-state index contributed by atoms with van der Waals surface area (Å²) in [6.07, 6.45) is 2.74. The molecule has 2 rings (SSSR count). The first kappa shape index (κ1) is 17.1. The summed E-state index contributed by atoms with van der Waals surface area (Å²) in [5.41, 5.74) is 5.95. The Kier molecular flexibility index (Phi) is 10.7. The molecule has 0 spiro atoms. The van der Waals surface area contributed by atoms with E-state index in [0.29, 0.717) is 0 Å². The van der Waals surface area contributed by atoms with Gasteiger partial charge in [-0.1, -0.05) is 51.1 Å². The molecule has 0 aromatic heterocycles. The highest BCUT2D eigenvalue weighted by molar-refractivity contribution is 5.14. The molecule has 18 heavy (non-hydrogen) atoms. The molecule has 1 fully saturated rings. The summed E-state index contributed by atoms with van der Waals surface area (Å²) in [5, 5.41) is 0. The molecule has 1 aliphatic rings. The maximum atomic E-state index is 4.50. The fourth-order valence-corrected chi connectivity index (χ4v) is 2.06. The topological polar surface area (TPSA) is 29.3 Å². The van der Waals surface area contributed by atoms with Gasteiger partial charge < -0.3 is 5.73 Å². The van der Waals surface area contributed by atoms with E-state index in [1.165, 1.54) is 38.5 Å². The second-order valence-electron chi connectivity index (χ2n) is 4.44. The van der Waals surface area contributed by atoms with Crippen molar-refractivity contribution in [3.63, 3.8) is 0 Å². The Morgan fingerprint density at radius 3 is 2.06 bits per heavy atom. The predicted molar refractivity (Wildman–Crippen MR) is 81.6 cm³/mol. The van der Waals surface area contributed by atoms with Gasteiger partial charge in [-0.25, -0.2) is 0 Å². The van der Waals surface area contributed by atoms with Gasteiger partial charge in [0, 0.05) is 6.54 Å². The van der Waals surface area contributed by atoms with Crippen molar-refractivity contribution in [2.24, 2.45) is 11.7 Å². The van der Waals surface area contributed by atoms with Gasteiger partial charge in [0.2, 0.25) is 0 Å². The third kappa shape index (κ3) is 6.77. The highest BCUT2D eigenvalue weighted by Crippen LogP contribution is 2.17. The Morgan fingerprint density at radius 2 is 1.56 bits per heavy atom. The largest absolute Gasteiger partial charge is 0.333 e. The lowest BCUT2D eigenvalue weighted by Gasteiger charge is -2.30.